The molecular weight excluding hydrogens is 309 g/mol. The first kappa shape index (κ1) is 14.5. The van der Waals surface area contributed by atoms with E-state index in [0.29, 0.717) is 11.6 Å². The van der Waals surface area contributed by atoms with Crippen molar-refractivity contribution in [2.24, 2.45) is 0 Å². The van der Waals surface area contributed by atoms with Gasteiger partial charge in [-0.3, -0.25) is 4.31 Å². The van der Waals surface area contributed by atoms with Gasteiger partial charge in [-0.2, -0.15) is 0 Å². The van der Waals surface area contributed by atoms with Gasteiger partial charge in [-0.05, 0) is 37.1 Å². The molecule has 2 aromatic carbocycles. The molecule has 1 atom stereocenters. The molecule has 0 N–H and O–H groups in total. The predicted molar refractivity (Wildman–Crippen MR) is 86.9 cm³/mol. The fourth-order valence-corrected chi connectivity index (χ4v) is 3.55. The van der Waals surface area contributed by atoms with E-state index in [4.69, 9.17) is 16.3 Å². The molecule has 1 aliphatic rings. The molecule has 1 aliphatic heterocycles. The minimum atomic E-state index is -0.238. The quantitative estimate of drug-likeness (QED) is 0.556. The lowest BCUT2D eigenvalue weighted by Gasteiger charge is -2.35. The second-order valence-corrected chi connectivity index (χ2v) is 6.18. The maximum atomic E-state index is 14.1. The van der Waals surface area contributed by atoms with Crippen LogP contribution in [0.5, 0.6) is 5.75 Å². The van der Waals surface area contributed by atoms with Crippen molar-refractivity contribution in [3.63, 3.8) is 0 Å². The van der Waals surface area contributed by atoms with Crippen molar-refractivity contribution in [2.75, 3.05) is 10.2 Å². The van der Waals surface area contributed by atoms with Gasteiger partial charge in [-0.15, -0.1) is 11.6 Å². The minimum Gasteiger partial charge on any atom is -0.476 e. The van der Waals surface area contributed by atoms with Crippen LogP contribution in [0.1, 0.15) is 12.8 Å². The zero-order valence-corrected chi connectivity index (χ0v) is 12.9. The minimum absolute atomic E-state index is 0.0572. The number of benzene rings is 2. The number of fused-ring (bicyclic) bond motifs is 1. The molecule has 5 heteroatoms. The summed E-state index contributed by atoms with van der Waals surface area (Å²) in [5.74, 6) is 1.14. The van der Waals surface area contributed by atoms with Crippen molar-refractivity contribution in [1.29, 1.82) is 0 Å². The van der Waals surface area contributed by atoms with E-state index >= 15 is 0 Å². The van der Waals surface area contributed by atoms with Crippen LogP contribution in [0.3, 0.4) is 0 Å². The summed E-state index contributed by atoms with van der Waals surface area (Å²) in [5, 5.41) is 0. The van der Waals surface area contributed by atoms with Gasteiger partial charge in [0.05, 0.1) is 11.4 Å². The first-order chi connectivity index (χ1) is 10.3. The van der Waals surface area contributed by atoms with E-state index in [9.17, 15) is 4.39 Å². The molecule has 0 bridgehead atoms. The normalized spacial score (nSPS) is 17.2. The SMILES string of the molecule is Fc1ccccc1N1SC(CCCCl)Oc2ccccc21. The molecule has 0 aliphatic carbocycles. The van der Waals surface area contributed by atoms with Crippen molar-refractivity contribution in [1.82, 2.24) is 0 Å². The smallest absolute Gasteiger partial charge is 0.163 e. The molecular formula is C16H15ClFNOS. The zero-order valence-electron chi connectivity index (χ0n) is 11.3. The van der Waals surface area contributed by atoms with Crippen LogP contribution in [0.2, 0.25) is 0 Å². The van der Waals surface area contributed by atoms with E-state index in [1.165, 1.54) is 18.0 Å². The monoisotopic (exact) mass is 323 g/mol. The second-order valence-electron chi connectivity index (χ2n) is 4.70. The summed E-state index contributed by atoms with van der Waals surface area (Å²) in [5.41, 5.74) is 1.36. The molecule has 0 fully saturated rings. The molecule has 0 amide bonds. The number of nitrogens with zero attached hydrogens (tertiary/aromatic N) is 1. The molecule has 2 nitrogen and oxygen atoms in total. The molecule has 110 valence electrons. The summed E-state index contributed by atoms with van der Waals surface area (Å²) in [6.07, 6.45) is 1.69. The van der Waals surface area contributed by atoms with Crippen molar-refractivity contribution in [3.8, 4) is 5.75 Å². The average molecular weight is 324 g/mol. The second kappa shape index (κ2) is 6.58. The summed E-state index contributed by atoms with van der Waals surface area (Å²) in [4.78, 5) is 0. The van der Waals surface area contributed by atoms with E-state index in [1.54, 1.807) is 12.1 Å². The molecule has 0 spiro atoms. The summed E-state index contributed by atoms with van der Waals surface area (Å²) in [7, 11) is 0. The van der Waals surface area contributed by atoms with Crippen LogP contribution in [-0.4, -0.2) is 11.3 Å². The van der Waals surface area contributed by atoms with E-state index in [0.717, 1.165) is 24.3 Å². The fourth-order valence-electron chi connectivity index (χ4n) is 2.22. The lowest BCUT2D eigenvalue weighted by molar-refractivity contribution is 0.273. The molecule has 1 heterocycles. The van der Waals surface area contributed by atoms with Crippen LogP contribution < -0.4 is 9.04 Å². The van der Waals surface area contributed by atoms with Gasteiger partial charge in [-0.25, -0.2) is 4.39 Å². The summed E-state index contributed by atoms with van der Waals surface area (Å²) in [6, 6.07) is 14.5. The molecule has 0 saturated carbocycles. The highest BCUT2D eigenvalue weighted by Crippen LogP contribution is 2.46. The largest absolute Gasteiger partial charge is 0.476 e. The van der Waals surface area contributed by atoms with E-state index in [-0.39, 0.29) is 11.3 Å². The van der Waals surface area contributed by atoms with Gasteiger partial charge >= 0.3 is 0 Å². The van der Waals surface area contributed by atoms with Crippen LogP contribution in [0.25, 0.3) is 0 Å². The Hall–Kier alpha value is -1.39. The topological polar surface area (TPSA) is 12.5 Å². The molecule has 0 aromatic heterocycles. The highest BCUT2D eigenvalue weighted by molar-refractivity contribution is 8.01. The summed E-state index contributed by atoms with van der Waals surface area (Å²) < 4.78 is 22.0. The summed E-state index contributed by atoms with van der Waals surface area (Å²) in [6.45, 7) is 0. The van der Waals surface area contributed by atoms with Gasteiger partial charge in [0.2, 0.25) is 0 Å². The van der Waals surface area contributed by atoms with Crippen LogP contribution in [0.15, 0.2) is 48.5 Å². The molecule has 1 unspecified atom stereocenters. The Kier molecular flexibility index (Phi) is 4.56. The third-order valence-corrected chi connectivity index (χ3v) is 4.65. The number of ether oxygens (including phenoxy) is 1. The fraction of sp³-hybridized carbons (Fsp3) is 0.250. The Morgan fingerprint density at radius 1 is 1.10 bits per heavy atom. The Morgan fingerprint density at radius 2 is 1.81 bits per heavy atom. The maximum Gasteiger partial charge on any atom is 0.163 e. The standard InChI is InChI=1S/C16H15ClFNOS/c17-11-5-10-16-20-15-9-4-3-8-14(15)19(21-16)13-7-2-1-6-12(13)18/h1-4,6-9,16H,5,10-11H2. The van der Waals surface area contributed by atoms with Gasteiger partial charge in [0.15, 0.2) is 5.44 Å². The number of para-hydroxylation sites is 3. The van der Waals surface area contributed by atoms with Crippen molar-refractivity contribution in [2.45, 2.75) is 18.3 Å². The Bertz CT molecular complexity index is 625. The average Bonchev–Trinajstić information content (AvgIpc) is 2.52. The van der Waals surface area contributed by atoms with Crippen molar-refractivity contribution >= 4 is 34.9 Å². The van der Waals surface area contributed by atoms with Crippen LogP contribution in [0, 0.1) is 5.82 Å². The van der Waals surface area contributed by atoms with Crippen molar-refractivity contribution < 1.29 is 9.13 Å². The Morgan fingerprint density at radius 3 is 2.57 bits per heavy atom. The third-order valence-electron chi connectivity index (χ3n) is 3.21. The van der Waals surface area contributed by atoms with Crippen LogP contribution in [0.4, 0.5) is 15.8 Å². The molecule has 3 rings (SSSR count). The zero-order chi connectivity index (χ0) is 14.7. The van der Waals surface area contributed by atoms with Crippen molar-refractivity contribution in [3.05, 3.63) is 54.3 Å². The van der Waals surface area contributed by atoms with Crippen LogP contribution in [-0.2, 0) is 0 Å². The molecule has 21 heavy (non-hydrogen) atoms. The first-order valence-electron chi connectivity index (χ1n) is 6.82. The highest BCUT2D eigenvalue weighted by atomic mass is 35.5. The Labute approximate surface area is 133 Å². The van der Waals surface area contributed by atoms with E-state index in [2.05, 4.69) is 0 Å². The summed E-state index contributed by atoms with van der Waals surface area (Å²) >= 11 is 7.26. The van der Waals surface area contributed by atoms with Crippen LogP contribution >= 0.6 is 23.5 Å². The van der Waals surface area contributed by atoms with Gasteiger partial charge in [0.25, 0.3) is 0 Å². The number of halogens is 2. The third kappa shape index (κ3) is 3.11. The highest BCUT2D eigenvalue weighted by Gasteiger charge is 2.28. The number of hydrogen-bond acceptors (Lipinski definition) is 3. The number of hydrogen-bond donors (Lipinski definition) is 0. The molecule has 0 radical (unpaired) electrons. The number of anilines is 2. The van der Waals surface area contributed by atoms with Gasteiger partial charge in [0, 0.05) is 17.8 Å². The lowest BCUT2D eigenvalue weighted by atomic mass is 10.2. The number of rotatable bonds is 4. The van der Waals surface area contributed by atoms with Gasteiger partial charge in [0.1, 0.15) is 11.6 Å². The predicted octanol–water partition coefficient (Wildman–Crippen LogP) is 5.35. The lowest BCUT2D eigenvalue weighted by Crippen LogP contribution is -2.26. The first-order valence-corrected chi connectivity index (χ1v) is 8.20. The number of alkyl halides is 1. The van der Waals surface area contributed by atoms with E-state index in [1.807, 2.05) is 34.6 Å². The van der Waals surface area contributed by atoms with Gasteiger partial charge < -0.3 is 4.74 Å². The molecule has 0 saturated heterocycles. The van der Waals surface area contributed by atoms with E-state index < -0.39 is 0 Å². The Balaban J connectivity index is 1.96. The maximum absolute atomic E-state index is 14.1. The molecule has 2 aromatic rings. The van der Waals surface area contributed by atoms with Gasteiger partial charge in [-0.1, -0.05) is 24.3 Å².